The Morgan fingerprint density at radius 3 is 2.57 bits per heavy atom. The first-order chi connectivity index (χ1) is 13.6. The third-order valence-electron chi connectivity index (χ3n) is 3.58. The van der Waals surface area contributed by atoms with Crippen molar-refractivity contribution in [2.75, 3.05) is 11.9 Å². The molecule has 0 aliphatic carbocycles. The summed E-state index contributed by atoms with van der Waals surface area (Å²) in [6.45, 7) is 0.755. The predicted octanol–water partition coefficient (Wildman–Crippen LogP) is 3.13. The average molecular weight is 401 g/mol. The van der Waals surface area contributed by atoms with Crippen LogP contribution in [0.3, 0.4) is 0 Å². The molecule has 0 unspecified atom stereocenters. The molecule has 0 aliphatic heterocycles. The van der Waals surface area contributed by atoms with Crippen molar-refractivity contribution >= 4 is 23.6 Å². The van der Waals surface area contributed by atoms with Gasteiger partial charge in [0.25, 0.3) is 0 Å². The second kappa shape index (κ2) is 9.47. The summed E-state index contributed by atoms with van der Waals surface area (Å²) in [4.78, 5) is 26.9. The molecule has 0 fully saturated rings. The number of halogens is 1. The third kappa shape index (κ3) is 6.06. The van der Waals surface area contributed by atoms with E-state index in [0.29, 0.717) is 47.8 Å². The van der Waals surface area contributed by atoms with Gasteiger partial charge in [0, 0.05) is 12.6 Å². The Labute approximate surface area is 165 Å². The monoisotopic (exact) mass is 400 g/mol. The fourth-order valence-corrected chi connectivity index (χ4v) is 2.36. The molecule has 0 aliphatic rings. The number of carboxylic acid groups (broad SMARTS) is 1. The number of benzene rings is 1. The molecule has 0 saturated heterocycles. The Hall–Kier alpha value is -3.46. The summed E-state index contributed by atoms with van der Waals surface area (Å²) in [6.07, 6.45) is 4.00. The zero-order valence-corrected chi connectivity index (χ0v) is 15.4. The zero-order chi connectivity index (χ0) is 19.8. The highest BCUT2D eigenvalue weighted by Gasteiger charge is 2.04. The molecular weight excluding hydrogens is 384 g/mol. The van der Waals surface area contributed by atoms with Crippen molar-refractivity contribution < 1.29 is 14.6 Å². The van der Waals surface area contributed by atoms with Crippen molar-refractivity contribution in [3.8, 4) is 11.6 Å². The van der Waals surface area contributed by atoms with E-state index < -0.39 is 6.09 Å². The van der Waals surface area contributed by atoms with Gasteiger partial charge in [-0.05, 0) is 24.1 Å². The van der Waals surface area contributed by atoms with Gasteiger partial charge in [-0.15, -0.1) is 0 Å². The van der Waals surface area contributed by atoms with Crippen LogP contribution in [0.2, 0.25) is 5.02 Å². The minimum Gasteiger partial charge on any atom is -0.465 e. The largest absolute Gasteiger partial charge is 0.465 e. The molecule has 0 spiro atoms. The highest BCUT2D eigenvalue weighted by Crippen LogP contribution is 2.20. The normalized spacial score (nSPS) is 10.3. The number of nitrogens with one attached hydrogen (secondary N) is 2. The van der Waals surface area contributed by atoms with E-state index >= 15 is 0 Å². The standard InChI is InChI=1S/C18H17ClN6O3/c19-13-8-21-17(22-9-13)23-10-14-7-16(25-11-24-14)28-15-3-1-12(2-4-15)5-6-20-18(26)27/h1-4,7-9,11,20H,5-6,10H2,(H,26,27)(H,21,22,23). The van der Waals surface area contributed by atoms with Crippen LogP contribution in [0, 0.1) is 0 Å². The number of hydrogen-bond donors (Lipinski definition) is 3. The highest BCUT2D eigenvalue weighted by molar-refractivity contribution is 6.30. The molecule has 3 rings (SSSR count). The maximum Gasteiger partial charge on any atom is 0.404 e. The van der Waals surface area contributed by atoms with Crippen molar-refractivity contribution in [2.45, 2.75) is 13.0 Å². The highest BCUT2D eigenvalue weighted by atomic mass is 35.5. The molecule has 9 nitrogen and oxygen atoms in total. The summed E-state index contributed by atoms with van der Waals surface area (Å²) in [5.74, 6) is 1.47. The van der Waals surface area contributed by atoms with Crippen LogP contribution >= 0.6 is 11.6 Å². The zero-order valence-electron chi connectivity index (χ0n) is 14.7. The molecule has 2 heterocycles. The molecule has 1 amide bonds. The second-order valence-corrected chi connectivity index (χ2v) is 6.09. The summed E-state index contributed by atoms with van der Waals surface area (Å²) >= 11 is 5.76. The van der Waals surface area contributed by atoms with Crippen molar-refractivity contribution in [3.63, 3.8) is 0 Å². The van der Waals surface area contributed by atoms with Crippen LogP contribution in [0.1, 0.15) is 11.3 Å². The lowest BCUT2D eigenvalue weighted by Crippen LogP contribution is -2.23. The second-order valence-electron chi connectivity index (χ2n) is 5.65. The third-order valence-corrected chi connectivity index (χ3v) is 3.78. The smallest absolute Gasteiger partial charge is 0.404 e. The van der Waals surface area contributed by atoms with Gasteiger partial charge in [0.15, 0.2) is 0 Å². The Kier molecular flexibility index (Phi) is 6.53. The SMILES string of the molecule is O=C(O)NCCc1ccc(Oc2cc(CNc3ncc(Cl)cn3)ncn2)cc1. The van der Waals surface area contributed by atoms with E-state index in [-0.39, 0.29) is 0 Å². The minimum absolute atomic E-state index is 0.356. The van der Waals surface area contributed by atoms with E-state index in [0.717, 1.165) is 5.56 Å². The van der Waals surface area contributed by atoms with Gasteiger partial charge in [0.2, 0.25) is 11.8 Å². The van der Waals surface area contributed by atoms with Gasteiger partial charge in [-0.25, -0.2) is 24.7 Å². The molecule has 2 aromatic heterocycles. The van der Waals surface area contributed by atoms with E-state index in [1.54, 1.807) is 18.2 Å². The quantitative estimate of drug-likeness (QED) is 0.527. The fourth-order valence-electron chi connectivity index (χ4n) is 2.26. The van der Waals surface area contributed by atoms with E-state index in [2.05, 4.69) is 30.6 Å². The van der Waals surface area contributed by atoms with Crippen molar-refractivity contribution in [1.29, 1.82) is 0 Å². The Bertz CT molecular complexity index is 921. The average Bonchev–Trinajstić information content (AvgIpc) is 2.69. The van der Waals surface area contributed by atoms with Gasteiger partial charge in [0.05, 0.1) is 29.7 Å². The summed E-state index contributed by atoms with van der Waals surface area (Å²) in [7, 11) is 0. The lowest BCUT2D eigenvalue weighted by molar-refractivity contribution is 0.194. The van der Waals surface area contributed by atoms with Gasteiger partial charge in [-0.2, -0.15) is 0 Å². The number of ether oxygens (including phenoxy) is 1. The molecule has 1 aromatic carbocycles. The van der Waals surface area contributed by atoms with Crippen LogP contribution in [0.25, 0.3) is 0 Å². The number of carbonyl (C=O) groups is 1. The maximum absolute atomic E-state index is 10.5. The van der Waals surface area contributed by atoms with Gasteiger partial charge in [0.1, 0.15) is 12.1 Å². The first-order valence-electron chi connectivity index (χ1n) is 8.34. The molecule has 3 aromatic rings. The van der Waals surface area contributed by atoms with Gasteiger partial charge in [-0.3, -0.25) is 0 Å². The number of hydrogen-bond acceptors (Lipinski definition) is 7. The number of anilines is 1. The lowest BCUT2D eigenvalue weighted by atomic mass is 10.1. The molecule has 3 N–H and O–H groups in total. The Balaban J connectivity index is 1.55. The molecular formula is C18H17ClN6O3. The van der Waals surface area contributed by atoms with E-state index in [9.17, 15) is 4.79 Å². The molecule has 144 valence electrons. The molecule has 0 bridgehead atoms. The predicted molar refractivity (Wildman–Crippen MR) is 103 cm³/mol. The van der Waals surface area contributed by atoms with Crippen LogP contribution in [0.5, 0.6) is 11.6 Å². The van der Waals surface area contributed by atoms with Crippen LogP contribution in [0.4, 0.5) is 10.7 Å². The number of nitrogens with zero attached hydrogens (tertiary/aromatic N) is 4. The Morgan fingerprint density at radius 1 is 1.11 bits per heavy atom. The first kappa shape index (κ1) is 19.3. The van der Waals surface area contributed by atoms with E-state index in [1.807, 2.05) is 12.1 Å². The summed E-state index contributed by atoms with van der Waals surface area (Å²) in [5.41, 5.74) is 1.71. The molecule has 0 saturated carbocycles. The molecule has 0 radical (unpaired) electrons. The summed E-state index contributed by atoms with van der Waals surface area (Å²) in [6, 6.07) is 9.07. The number of amides is 1. The van der Waals surface area contributed by atoms with Gasteiger partial charge < -0.3 is 20.5 Å². The van der Waals surface area contributed by atoms with Gasteiger partial charge >= 0.3 is 6.09 Å². The molecule has 28 heavy (non-hydrogen) atoms. The first-order valence-corrected chi connectivity index (χ1v) is 8.72. The van der Waals surface area contributed by atoms with Crippen LogP contribution in [-0.2, 0) is 13.0 Å². The van der Waals surface area contributed by atoms with Crippen LogP contribution in [-0.4, -0.2) is 37.7 Å². The molecule has 0 atom stereocenters. The summed E-state index contributed by atoms with van der Waals surface area (Å²) in [5, 5.41) is 14.4. The van der Waals surface area contributed by atoms with E-state index in [4.69, 9.17) is 21.4 Å². The Morgan fingerprint density at radius 2 is 1.86 bits per heavy atom. The van der Waals surface area contributed by atoms with Crippen molar-refractivity contribution in [1.82, 2.24) is 25.3 Å². The maximum atomic E-state index is 10.5. The van der Waals surface area contributed by atoms with Crippen LogP contribution in [0.15, 0.2) is 49.1 Å². The van der Waals surface area contributed by atoms with Crippen molar-refractivity contribution in [2.24, 2.45) is 0 Å². The van der Waals surface area contributed by atoms with Gasteiger partial charge in [-0.1, -0.05) is 23.7 Å². The van der Waals surface area contributed by atoms with Crippen LogP contribution < -0.4 is 15.4 Å². The molecule has 10 heteroatoms. The van der Waals surface area contributed by atoms with E-state index in [1.165, 1.54) is 18.7 Å². The fraction of sp³-hybridized carbons (Fsp3) is 0.167. The number of rotatable bonds is 8. The van der Waals surface area contributed by atoms with Crippen molar-refractivity contribution in [3.05, 3.63) is 65.3 Å². The summed E-state index contributed by atoms with van der Waals surface area (Å²) < 4.78 is 5.75. The lowest BCUT2D eigenvalue weighted by Gasteiger charge is -2.08. The minimum atomic E-state index is -1.03. The number of aromatic nitrogens is 4. The topological polar surface area (TPSA) is 122 Å².